The number of amides is 1. The number of hydrogen-bond donors (Lipinski definition) is 1. The average Bonchev–Trinajstić information content (AvgIpc) is 3.44. The first-order chi connectivity index (χ1) is 17.9. The minimum atomic E-state index is -0.875. The number of aliphatic hydroxyl groups excluding tert-OH is 1. The zero-order valence-corrected chi connectivity index (χ0v) is 22.5. The summed E-state index contributed by atoms with van der Waals surface area (Å²) in [6.45, 7) is 2.52. The van der Waals surface area contributed by atoms with E-state index in [1.54, 1.807) is 43.5 Å². The Balaban J connectivity index is 1.68. The van der Waals surface area contributed by atoms with E-state index in [1.165, 1.54) is 16.2 Å². The number of Topliss-reactive ketones (excluding diaryl/α,β-unsaturated/α-hetero) is 1. The molecule has 4 aromatic rings. The number of benzene rings is 3. The lowest BCUT2D eigenvalue weighted by molar-refractivity contribution is -0.132. The number of ether oxygens (including phenoxy) is 2. The Hall–Kier alpha value is -3.69. The minimum Gasteiger partial charge on any atom is -0.507 e. The Kier molecular flexibility index (Phi) is 6.99. The van der Waals surface area contributed by atoms with Crippen LogP contribution < -0.4 is 14.4 Å². The fraction of sp³-hybridized carbons (Fsp3) is 0.179. The number of thiazole rings is 1. The zero-order chi connectivity index (χ0) is 26.1. The fourth-order valence-electron chi connectivity index (χ4n) is 4.25. The van der Waals surface area contributed by atoms with Gasteiger partial charge in [0.1, 0.15) is 17.3 Å². The van der Waals surface area contributed by atoms with Crippen molar-refractivity contribution in [1.29, 1.82) is 0 Å². The zero-order valence-electron chi connectivity index (χ0n) is 20.1. The van der Waals surface area contributed by atoms with Crippen molar-refractivity contribution in [3.8, 4) is 11.5 Å². The molecule has 1 unspecified atom stereocenters. The Bertz CT molecular complexity index is 1550. The molecule has 1 saturated heterocycles. The Morgan fingerprint density at radius 1 is 1.08 bits per heavy atom. The molecular formula is C28H23BrN2O5S. The fourth-order valence-corrected chi connectivity index (χ4v) is 5.69. The van der Waals surface area contributed by atoms with Crippen molar-refractivity contribution in [3.05, 3.63) is 87.9 Å². The number of rotatable bonds is 7. The summed E-state index contributed by atoms with van der Waals surface area (Å²) in [5.41, 5.74) is 1.72. The largest absolute Gasteiger partial charge is 0.507 e. The minimum absolute atomic E-state index is 0.00687. The quantitative estimate of drug-likeness (QED) is 0.153. The normalized spacial score (nSPS) is 16.9. The molecule has 7 nitrogen and oxygen atoms in total. The Labute approximate surface area is 226 Å². The molecule has 1 atom stereocenters. The van der Waals surface area contributed by atoms with Gasteiger partial charge in [-0.2, -0.15) is 0 Å². The second-order valence-electron chi connectivity index (χ2n) is 8.43. The summed E-state index contributed by atoms with van der Waals surface area (Å²) in [6.07, 6.45) is 0.832. The molecule has 0 radical (unpaired) electrons. The van der Waals surface area contributed by atoms with Crippen molar-refractivity contribution in [3.63, 3.8) is 0 Å². The van der Waals surface area contributed by atoms with Gasteiger partial charge in [0.15, 0.2) is 5.13 Å². The molecule has 0 bridgehead atoms. The van der Waals surface area contributed by atoms with Crippen LogP contribution in [-0.4, -0.2) is 35.5 Å². The summed E-state index contributed by atoms with van der Waals surface area (Å²) >= 11 is 4.76. The van der Waals surface area contributed by atoms with Gasteiger partial charge in [-0.1, -0.05) is 58.5 Å². The highest BCUT2D eigenvalue weighted by molar-refractivity contribution is 9.10. The van der Waals surface area contributed by atoms with Gasteiger partial charge < -0.3 is 14.6 Å². The lowest BCUT2D eigenvalue weighted by Crippen LogP contribution is -2.29. The summed E-state index contributed by atoms with van der Waals surface area (Å²) in [5, 5.41) is 11.8. The smallest absolute Gasteiger partial charge is 0.301 e. The summed E-state index contributed by atoms with van der Waals surface area (Å²) in [6, 6.07) is 18.8. The summed E-state index contributed by atoms with van der Waals surface area (Å²) in [4.78, 5) is 32.9. The van der Waals surface area contributed by atoms with Crippen LogP contribution >= 0.6 is 27.3 Å². The lowest BCUT2D eigenvalue weighted by atomic mass is 9.95. The molecule has 1 N–H and O–H groups in total. The van der Waals surface area contributed by atoms with E-state index in [0.717, 1.165) is 15.6 Å². The maximum atomic E-state index is 13.5. The van der Waals surface area contributed by atoms with Gasteiger partial charge in [0.2, 0.25) is 0 Å². The van der Waals surface area contributed by atoms with Crippen molar-refractivity contribution in [1.82, 2.24) is 4.98 Å². The van der Waals surface area contributed by atoms with Crippen LogP contribution in [0.2, 0.25) is 0 Å². The molecule has 37 heavy (non-hydrogen) atoms. The van der Waals surface area contributed by atoms with Gasteiger partial charge in [0, 0.05) is 10.0 Å². The third kappa shape index (κ3) is 4.72. The van der Waals surface area contributed by atoms with E-state index in [4.69, 9.17) is 9.47 Å². The number of hydrogen-bond acceptors (Lipinski definition) is 7. The molecule has 1 amide bonds. The SMILES string of the molecule is CCCOc1cccc(C(O)=C2C(=O)C(=O)N(c3nc4ccc(OC)cc4s3)C2c2cccc(Br)c2)c1. The summed E-state index contributed by atoms with van der Waals surface area (Å²) in [7, 11) is 1.58. The van der Waals surface area contributed by atoms with Gasteiger partial charge in [0.25, 0.3) is 5.78 Å². The molecule has 1 fully saturated rings. The molecule has 1 aliphatic heterocycles. The first-order valence-electron chi connectivity index (χ1n) is 11.7. The van der Waals surface area contributed by atoms with Crippen molar-refractivity contribution in [2.24, 2.45) is 0 Å². The van der Waals surface area contributed by atoms with E-state index in [9.17, 15) is 14.7 Å². The average molecular weight is 579 g/mol. The van der Waals surface area contributed by atoms with Crippen molar-refractivity contribution in [2.45, 2.75) is 19.4 Å². The van der Waals surface area contributed by atoms with E-state index in [-0.39, 0.29) is 11.3 Å². The van der Waals surface area contributed by atoms with Gasteiger partial charge in [-0.25, -0.2) is 4.98 Å². The van der Waals surface area contributed by atoms with E-state index in [0.29, 0.717) is 39.9 Å². The predicted octanol–water partition coefficient (Wildman–Crippen LogP) is 6.48. The molecule has 0 aliphatic carbocycles. The highest BCUT2D eigenvalue weighted by atomic mass is 79.9. The number of methoxy groups -OCH3 is 1. The van der Waals surface area contributed by atoms with E-state index in [1.807, 2.05) is 37.3 Å². The van der Waals surface area contributed by atoms with Crippen molar-refractivity contribution in [2.75, 3.05) is 18.6 Å². The monoisotopic (exact) mass is 578 g/mol. The van der Waals surface area contributed by atoms with Crippen molar-refractivity contribution < 1.29 is 24.2 Å². The van der Waals surface area contributed by atoms with Crippen LogP contribution in [0, 0.1) is 0 Å². The Morgan fingerprint density at radius 2 is 1.89 bits per heavy atom. The van der Waals surface area contributed by atoms with E-state index < -0.39 is 17.7 Å². The van der Waals surface area contributed by atoms with Crippen LogP contribution in [0.15, 0.2) is 76.8 Å². The number of aromatic nitrogens is 1. The second kappa shape index (κ2) is 10.4. The molecule has 3 aromatic carbocycles. The second-order valence-corrected chi connectivity index (χ2v) is 10.4. The molecule has 188 valence electrons. The summed E-state index contributed by atoms with van der Waals surface area (Å²) in [5.74, 6) is -0.566. The van der Waals surface area contributed by atoms with Gasteiger partial charge in [-0.3, -0.25) is 14.5 Å². The van der Waals surface area contributed by atoms with Crippen LogP contribution in [0.5, 0.6) is 11.5 Å². The van der Waals surface area contributed by atoms with Crippen LogP contribution in [0.25, 0.3) is 16.0 Å². The first kappa shape index (κ1) is 25.0. The molecule has 2 heterocycles. The van der Waals surface area contributed by atoms with Crippen LogP contribution in [-0.2, 0) is 9.59 Å². The van der Waals surface area contributed by atoms with Gasteiger partial charge in [0.05, 0.1) is 35.5 Å². The number of anilines is 1. The number of halogens is 1. The Morgan fingerprint density at radius 3 is 2.65 bits per heavy atom. The van der Waals surface area contributed by atoms with Crippen LogP contribution in [0.1, 0.15) is 30.5 Å². The molecule has 5 rings (SSSR count). The predicted molar refractivity (Wildman–Crippen MR) is 147 cm³/mol. The molecule has 0 spiro atoms. The number of aliphatic hydroxyl groups is 1. The highest BCUT2D eigenvalue weighted by Crippen LogP contribution is 2.45. The topological polar surface area (TPSA) is 89.0 Å². The van der Waals surface area contributed by atoms with Crippen LogP contribution in [0.4, 0.5) is 5.13 Å². The third-order valence-electron chi connectivity index (χ3n) is 5.98. The molecule has 0 saturated carbocycles. The maximum absolute atomic E-state index is 13.5. The molecule has 1 aromatic heterocycles. The van der Waals surface area contributed by atoms with Crippen molar-refractivity contribution >= 4 is 60.1 Å². The van der Waals surface area contributed by atoms with E-state index >= 15 is 0 Å². The highest BCUT2D eigenvalue weighted by Gasteiger charge is 2.48. The van der Waals surface area contributed by atoms with E-state index in [2.05, 4.69) is 20.9 Å². The molecule has 1 aliphatic rings. The number of carbonyl (C=O) groups excluding carboxylic acids is 2. The van der Waals surface area contributed by atoms with Gasteiger partial charge in [-0.05, 0) is 54.4 Å². The van der Waals surface area contributed by atoms with Gasteiger partial charge >= 0.3 is 5.91 Å². The number of nitrogens with zero attached hydrogens (tertiary/aromatic N) is 2. The van der Waals surface area contributed by atoms with Gasteiger partial charge in [-0.15, -0.1) is 0 Å². The standard InChI is InChI=1S/C28H23BrN2O5S/c1-3-12-36-20-9-5-7-17(14-20)25(32)23-24(16-6-4-8-18(29)13-16)31(27(34)26(23)33)28-30-21-11-10-19(35-2)15-22(21)37-28/h4-11,13-15,24,32H,3,12H2,1-2H3. The molecule has 9 heteroatoms. The maximum Gasteiger partial charge on any atom is 0.301 e. The summed E-state index contributed by atoms with van der Waals surface area (Å²) < 4.78 is 12.6. The number of fused-ring (bicyclic) bond motifs is 1. The first-order valence-corrected chi connectivity index (χ1v) is 13.3. The molecular weight excluding hydrogens is 556 g/mol. The van der Waals surface area contributed by atoms with Crippen LogP contribution in [0.3, 0.4) is 0 Å². The third-order valence-corrected chi connectivity index (χ3v) is 7.49. The number of ketones is 1. The lowest BCUT2D eigenvalue weighted by Gasteiger charge is -2.23. The number of carbonyl (C=O) groups is 2.